The van der Waals surface area contributed by atoms with Crippen LogP contribution in [0.5, 0.6) is 5.75 Å². The molecule has 0 unspecified atom stereocenters. The van der Waals surface area contributed by atoms with Crippen LogP contribution in [0.2, 0.25) is 0 Å². The number of fused-ring (bicyclic) bond motifs is 1. The second-order valence-electron chi connectivity index (χ2n) is 6.26. The van der Waals surface area contributed by atoms with E-state index >= 15 is 0 Å². The summed E-state index contributed by atoms with van der Waals surface area (Å²) in [7, 11) is 0. The molecule has 0 bridgehead atoms. The lowest BCUT2D eigenvalue weighted by molar-refractivity contribution is 0.306. The van der Waals surface area contributed by atoms with Crippen molar-refractivity contribution in [1.82, 2.24) is 25.1 Å². The molecule has 0 fully saturated rings. The van der Waals surface area contributed by atoms with E-state index in [0.717, 1.165) is 43.1 Å². The van der Waals surface area contributed by atoms with Gasteiger partial charge in [0.05, 0.1) is 6.54 Å². The van der Waals surface area contributed by atoms with E-state index in [0.29, 0.717) is 12.6 Å². The largest absolute Gasteiger partial charge is 0.489 e. The molecule has 128 valence electrons. The molecule has 0 saturated heterocycles. The Morgan fingerprint density at radius 1 is 1.08 bits per heavy atom. The van der Waals surface area contributed by atoms with E-state index in [1.54, 1.807) is 18.7 Å². The lowest BCUT2D eigenvalue weighted by atomic mass is 10.1. The van der Waals surface area contributed by atoms with Crippen molar-refractivity contribution in [2.45, 2.75) is 38.6 Å². The number of hydrogen-bond donors (Lipinski definition) is 1. The molecule has 2 aromatic heterocycles. The van der Waals surface area contributed by atoms with Crippen LogP contribution in [0.25, 0.3) is 0 Å². The number of benzene rings is 1. The third kappa shape index (κ3) is 4.03. The van der Waals surface area contributed by atoms with Gasteiger partial charge >= 0.3 is 0 Å². The molecule has 6 heteroatoms. The summed E-state index contributed by atoms with van der Waals surface area (Å²) in [6, 6.07) is 12.6. The van der Waals surface area contributed by atoms with E-state index in [2.05, 4.69) is 32.5 Å². The van der Waals surface area contributed by atoms with Crippen LogP contribution >= 0.6 is 0 Å². The Labute approximate surface area is 146 Å². The number of hydrogen-bond acceptors (Lipinski definition) is 5. The van der Waals surface area contributed by atoms with Crippen LogP contribution in [0, 0.1) is 0 Å². The molecule has 4 rings (SSSR count). The Morgan fingerprint density at radius 2 is 1.92 bits per heavy atom. The van der Waals surface area contributed by atoms with E-state index in [1.807, 2.05) is 28.9 Å². The number of rotatable bonds is 6. The number of ether oxygens (including phenoxy) is 1. The third-order valence-corrected chi connectivity index (χ3v) is 4.48. The Kier molecular flexibility index (Phi) is 4.70. The maximum absolute atomic E-state index is 5.80. The molecular weight excluding hydrogens is 314 g/mol. The molecule has 1 aliphatic heterocycles. The molecule has 6 nitrogen and oxygen atoms in total. The monoisotopic (exact) mass is 335 g/mol. The van der Waals surface area contributed by atoms with Gasteiger partial charge in [-0.2, -0.15) is 5.10 Å². The molecule has 1 aliphatic rings. The molecule has 0 saturated carbocycles. The first-order chi connectivity index (χ1) is 12.4. The van der Waals surface area contributed by atoms with E-state index in [9.17, 15) is 0 Å². The minimum atomic E-state index is 0.441. The van der Waals surface area contributed by atoms with Crippen LogP contribution in [0.1, 0.15) is 23.4 Å². The molecule has 1 N–H and O–H groups in total. The maximum Gasteiger partial charge on any atom is 0.138 e. The molecule has 0 aliphatic carbocycles. The standard InChI is InChI=1S/C19H21N5O/c1-4-18(25-13-16-7-9-20-10-8-16)5-2-15(1)11-21-17-3-6-19-22-14-23-24(19)12-17/h1-2,4-5,7-10,14,17,21H,3,6,11-13H2/t17-/m0/s1. The summed E-state index contributed by atoms with van der Waals surface area (Å²) in [5.74, 6) is 1.97. The van der Waals surface area contributed by atoms with Crippen molar-refractivity contribution in [3.63, 3.8) is 0 Å². The number of aromatic nitrogens is 4. The topological polar surface area (TPSA) is 64.9 Å². The van der Waals surface area contributed by atoms with E-state index in [-0.39, 0.29) is 0 Å². The minimum Gasteiger partial charge on any atom is -0.489 e. The van der Waals surface area contributed by atoms with Crippen LogP contribution < -0.4 is 10.1 Å². The molecular formula is C19H21N5O. The highest BCUT2D eigenvalue weighted by Crippen LogP contribution is 2.15. The molecule has 1 atom stereocenters. The van der Waals surface area contributed by atoms with Crippen LogP contribution in [0.3, 0.4) is 0 Å². The molecule has 0 radical (unpaired) electrons. The zero-order chi connectivity index (χ0) is 16.9. The predicted molar refractivity (Wildman–Crippen MR) is 94.0 cm³/mol. The fourth-order valence-electron chi connectivity index (χ4n) is 3.02. The fraction of sp³-hybridized carbons (Fsp3) is 0.316. The summed E-state index contributed by atoms with van der Waals surface area (Å²) >= 11 is 0. The minimum absolute atomic E-state index is 0.441. The van der Waals surface area contributed by atoms with Gasteiger partial charge in [-0.15, -0.1) is 0 Å². The highest BCUT2D eigenvalue weighted by molar-refractivity contribution is 5.27. The Bertz CT molecular complexity index is 800. The second kappa shape index (κ2) is 7.44. The first-order valence-electron chi connectivity index (χ1n) is 8.57. The summed E-state index contributed by atoms with van der Waals surface area (Å²) in [6.07, 6.45) is 7.29. The van der Waals surface area contributed by atoms with Gasteiger partial charge in [-0.1, -0.05) is 12.1 Å². The Morgan fingerprint density at radius 3 is 2.76 bits per heavy atom. The van der Waals surface area contributed by atoms with E-state index in [4.69, 9.17) is 4.74 Å². The molecule has 0 spiro atoms. The van der Waals surface area contributed by atoms with Crippen molar-refractivity contribution in [1.29, 1.82) is 0 Å². The number of aryl methyl sites for hydroxylation is 1. The van der Waals surface area contributed by atoms with Gasteiger partial charge in [-0.25, -0.2) is 9.67 Å². The number of nitrogens with zero attached hydrogens (tertiary/aromatic N) is 4. The second-order valence-corrected chi connectivity index (χ2v) is 6.26. The van der Waals surface area contributed by atoms with Crippen molar-refractivity contribution in [2.75, 3.05) is 0 Å². The van der Waals surface area contributed by atoms with Gasteiger partial charge in [-0.05, 0) is 41.8 Å². The quantitative estimate of drug-likeness (QED) is 0.749. The Hall–Kier alpha value is -2.73. The zero-order valence-electron chi connectivity index (χ0n) is 14.0. The van der Waals surface area contributed by atoms with Crippen molar-refractivity contribution in [3.05, 3.63) is 72.1 Å². The number of pyridine rings is 1. The molecule has 3 aromatic rings. The van der Waals surface area contributed by atoms with Crippen molar-refractivity contribution in [2.24, 2.45) is 0 Å². The van der Waals surface area contributed by atoms with Gasteiger partial charge in [0.15, 0.2) is 0 Å². The average molecular weight is 335 g/mol. The highest BCUT2D eigenvalue weighted by Gasteiger charge is 2.18. The zero-order valence-corrected chi connectivity index (χ0v) is 14.0. The van der Waals surface area contributed by atoms with Crippen LogP contribution in [-0.2, 0) is 26.1 Å². The van der Waals surface area contributed by atoms with Crippen LogP contribution in [-0.4, -0.2) is 25.8 Å². The van der Waals surface area contributed by atoms with Crippen molar-refractivity contribution in [3.8, 4) is 5.75 Å². The van der Waals surface area contributed by atoms with Gasteiger partial charge in [0.1, 0.15) is 24.5 Å². The van der Waals surface area contributed by atoms with Crippen molar-refractivity contribution >= 4 is 0 Å². The van der Waals surface area contributed by atoms with Gasteiger partial charge in [0, 0.05) is 31.4 Å². The SMILES string of the molecule is c1cc(COc2ccc(CN[C@H]3CCc4ncnn4C3)cc2)ccn1. The summed E-state index contributed by atoms with van der Waals surface area (Å²) < 4.78 is 7.80. The third-order valence-electron chi connectivity index (χ3n) is 4.48. The normalized spacial score (nSPS) is 16.4. The first-order valence-corrected chi connectivity index (χ1v) is 8.57. The van der Waals surface area contributed by atoms with Crippen LogP contribution in [0.4, 0.5) is 0 Å². The highest BCUT2D eigenvalue weighted by atomic mass is 16.5. The molecule has 0 amide bonds. The van der Waals surface area contributed by atoms with Crippen molar-refractivity contribution < 1.29 is 4.74 Å². The van der Waals surface area contributed by atoms with Gasteiger partial charge in [-0.3, -0.25) is 4.98 Å². The fourth-order valence-corrected chi connectivity index (χ4v) is 3.02. The van der Waals surface area contributed by atoms with Crippen LogP contribution in [0.15, 0.2) is 55.1 Å². The molecule has 1 aromatic carbocycles. The van der Waals surface area contributed by atoms with Gasteiger partial charge in [0.2, 0.25) is 0 Å². The number of nitrogens with one attached hydrogen (secondary N) is 1. The van der Waals surface area contributed by atoms with E-state index in [1.165, 1.54) is 5.56 Å². The average Bonchev–Trinajstić information content (AvgIpc) is 3.14. The molecule has 3 heterocycles. The predicted octanol–water partition coefficient (Wildman–Crippen LogP) is 2.36. The lowest BCUT2D eigenvalue weighted by Gasteiger charge is -2.23. The summed E-state index contributed by atoms with van der Waals surface area (Å²) in [4.78, 5) is 8.27. The summed E-state index contributed by atoms with van der Waals surface area (Å²) in [5, 5.41) is 7.87. The maximum atomic E-state index is 5.80. The Balaban J connectivity index is 1.26. The van der Waals surface area contributed by atoms with E-state index < -0.39 is 0 Å². The summed E-state index contributed by atoms with van der Waals surface area (Å²) in [6.45, 7) is 2.30. The lowest BCUT2D eigenvalue weighted by Crippen LogP contribution is -2.37. The van der Waals surface area contributed by atoms with Gasteiger partial charge in [0.25, 0.3) is 0 Å². The summed E-state index contributed by atoms with van der Waals surface area (Å²) in [5.41, 5.74) is 2.37. The smallest absolute Gasteiger partial charge is 0.138 e. The van der Waals surface area contributed by atoms with Gasteiger partial charge < -0.3 is 10.1 Å². The molecule has 25 heavy (non-hydrogen) atoms. The first kappa shape index (κ1) is 15.8.